The minimum absolute atomic E-state index is 0.241. The highest BCUT2D eigenvalue weighted by atomic mass is 35.5. The molecule has 1 atom stereocenters. The normalized spacial score (nSPS) is 16.4. The van der Waals surface area contributed by atoms with Gasteiger partial charge in [-0.15, -0.1) is 0 Å². The number of carbonyl (C=O) groups excluding carboxylic acids is 2. The van der Waals surface area contributed by atoms with E-state index in [2.05, 4.69) is 30.5 Å². The van der Waals surface area contributed by atoms with Crippen molar-refractivity contribution in [1.29, 1.82) is 0 Å². The van der Waals surface area contributed by atoms with Crippen LogP contribution in [0.25, 0.3) is 11.0 Å². The summed E-state index contributed by atoms with van der Waals surface area (Å²) in [6, 6.07) is 8.09. The maximum atomic E-state index is 13.6. The largest absolute Gasteiger partial charge is 0.433 e. The van der Waals surface area contributed by atoms with E-state index < -0.39 is 29.2 Å². The van der Waals surface area contributed by atoms with Gasteiger partial charge in [-0.3, -0.25) is 4.79 Å². The Bertz CT molecular complexity index is 1220. The number of nitrogens with one attached hydrogen (secondary N) is 3. The third-order valence-corrected chi connectivity index (χ3v) is 6.39. The summed E-state index contributed by atoms with van der Waals surface area (Å²) in [5, 5.41) is 17.1. The van der Waals surface area contributed by atoms with Crippen LogP contribution in [0.1, 0.15) is 45.2 Å². The van der Waals surface area contributed by atoms with E-state index in [1.165, 1.54) is 6.33 Å². The molecule has 1 unspecified atom stereocenters. The Morgan fingerprint density at radius 3 is 2.53 bits per heavy atom. The van der Waals surface area contributed by atoms with Gasteiger partial charge in [0.15, 0.2) is 5.60 Å². The van der Waals surface area contributed by atoms with Gasteiger partial charge < -0.3 is 30.4 Å². The van der Waals surface area contributed by atoms with Crippen molar-refractivity contribution in [2.24, 2.45) is 0 Å². The number of aromatic nitrogens is 3. The molecule has 11 heteroatoms. The van der Waals surface area contributed by atoms with E-state index in [0.717, 1.165) is 16.9 Å². The highest BCUT2D eigenvalue weighted by molar-refractivity contribution is 6.30. The van der Waals surface area contributed by atoms with Crippen molar-refractivity contribution >= 4 is 40.5 Å². The van der Waals surface area contributed by atoms with Gasteiger partial charge in [0.1, 0.15) is 17.8 Å². The third kappa shape index (κ3) is 5.71. The summed E-state index contributed by atoms with van der Waals surface area (Å²) >= 11 is 5.98. The van der Waals surface area contributed by atoms with Gasteiger partial charge in [-0.2, -0.15) is 0 Å². The average Bonchev–Trinajstić information content (AvgIpc) is 3.31. The van der Waals surface area contributed by atoms with Crippen LogP contribution < -0.4 is 15.5 Å². The average molecular weight is 515 g/mol. The van der Waals surface area contributed by atoms with Gasteiger partial charge in [0.2, 0.25) is 0 Å². The van der Waals surface area contributed by atoms with E-state index in [0.29, 0.717) is 23.7 Å². The Labute approximate surface area is 214 Å². The fraction of sp³-hybridized carbons (Fsp3) is 0.440. The third-order valence-electron chi connectivity index (χ3n) is 6.14. The van der Waals surface area contributed by atoms with Gasteiger partial charge in [0.25, 0.3) is 5.91 Å². The molecule has 0 radical (unpaired) electrons. The molecule has 2 aromatic heterocycles. The first-order chi connectivity index (χ1) is 17.1. The minimum Gasteiger partial charge on any atom is -0.433 e. The van der Waals surface area contributed by atoms with Crippen molar-refractivity contribution in [3.05, 3.63) is 53.4 Å². The number of nitrogens with zero attached hydrogens (tertiary/aromatic N) is 3. The summed E-state index contributed by atoms with van der Waals surface area (Å²) in [6.07, 6.45) is 3.11. The Kier molecular flexibility index (Phi) is 7.37. The fourth-order valence-corrected chi connectivity index (χ4v) is 4.42. The molecule has 0 saturated carbocycles. The number of aromatic amines is 1. The first kappa shape index (κ1) is 25.7. The predicted molar refractivity (Wildman–Crippen MR) is 137 cm³/mol. The zero-order valence-electron chi connectivity index (χ0n) is 20.5. The van der Waals surface area contributed by atoms with Gasteiger partial charge in [0.05, 0.1) is 18.0 Å². The van der Waals surface area contributed by atoms with Crippen molar-refractivity contribution in [2.45, 2.75) is 50.8 Å². The predicted octanol–water partition coefficient (Wildman–Crippen LogP) is 3.32. The number of ether oxygens (including phenoxy) is 1. The zero-order chi connectivity index (χ0) is 25.9. The van der Waals surface area contributed by atoms with E-state index in [-0.39, 0.29) is 19.4 Å². The number of halogens is 1. The first-order valence-electron chi connectivity index (χ1n) is 11.8. The van der Waals surface area contributed by atoms with Crippen LogP contribution in [-0.4, -0.2) is 62.9 Å². The van der Waals surface area contributed by atoms with Crippen molar-refractivity contribution in [2.75, 3.05) is 24.6 Å². The second kappa shape index (κ2) is 10.3. The van der Waals surface area contributed by atoms with Crippen molar-refractivity contribution < 1.29 is 19.4 Å². The zero-order valence-corrected chi connectivity index (χ0v) is 21.3. The Morgan fingerprint density at radius 2 is 1.89 bits per heavy atom. The molecule has 192 valence electrons. The SMILES string of the molecule is CC(C)(C)NC(=O)OC1(C(=O)NC(CO)c2ccc(Cl)cc2)CCN(c2ncnc3[nH]ccc23)CC1. The smallest absolute Gasteiger partial charge is 0.408 e. The number of alkyl carbamates (subject to hydrolysis) is 1. The molecule has 1 aliphatic rings. The number of benzene rings is 1. The van der Waals surface area contributed by atoms with Crippen molar-refractivity contribution in [3.63, 3.8) is 0 Å². The van der Waals surface area contributed by atoms with Crippen LogP contribution in [0, 0.1) is 0 Å². The maximum Gasteiger partial charge on any atom is 0.408 e. The Balaban J connectivity index is 1.56. The Morgan fingerprint density at radius 1 is 1.19 bits per heavy atom. The molecule has 0 bridgehead atoms. The topological polar surface area (TPSA) is 132 Å². The molecule has 1 saturated heterocycles. The van der Waals surface area contributed by atoms with Gasteiger partial charge >= 0.3 is 6.09 Å². The van der Waals surface area contributed by atoms with E-state index in [1.807, 2.05) is 26.8 Å². The number of amides is 2. The number of H-pyrrole nitrogens is 1. The summed E-state index contributed by atoms with van der Waals surface area (Å²) in [5.74, 6) is 0.290. The van der Waals surface area contributed by atoms with Gasteiger partial charge in [-0.05, 0) is 44.5 Å². The summed E-state index contributed by atoms with van der Waals surface area (Å²) in [4.78, 5) is 40.2. The second-order valence-electron chi connectivity index (χ2n) is 9.94. The highest BCUT2D eigenvalue weighted by Crippen LogP contribution is 2.32. The number of hydrogen-bond donors (Lipinski definition) is 4. The molecule has 4 rings (SSSR count). The molecule has 1 fully saturated rings. The van der Waals surface area contributed by atoms with Crippen molar-refractivity contribution in [1.82, 2.24) is 25.6 Å². The molecule has 1 aliphatic heterocycles. The van der Waals surface area contributed by atoms with Crippen LogP contribution in [0.15, 0.2) is 42.9 Å². The van der Waals surface area contributed by atoms with E-state index in [9.17, 15) is 14.7 Å². The van der Waals surface area contributed by atoms with Gasteiger partial charge in [-0.25, -0.2) is 14.8 Å². The minimum atomic E-state index is -1.42. The molecule has 10 nitrogen and oxygen atoms in total. The molecule has 3 heterocycles. The summed E-state index contributed by atoms with van der Waals surface area (Å²) in [5.41, 5.74) is -0.537. The van der Waals surface area contributed by atoms with Gasteiger partial charge in [-0.1, -0.05) is 23.7 Å². The fourth-order valence-electron chi connectivity index (χ4n) is 4.29. The van der Waals surface area contributed by atoms with Crippen LogP contribution >= 0.6 is 11.6 Å². The standard InChI is InChI=1S/C25H31ClN6O4/c1-24(2,3)31-23(35)36-25(22(34)30-19(14-33)16-4-6-17(26)7-5-16)9-12-32(13-10-25)21-18-8-11-27-20(18)28-15-29-21/h4-8,11,15,19,33H,9-10,12-14H2,1-3H3,(H,30,34)(H,31,35)(H,27,28,29). The number of aliphatic hydroxyl groups is 1. The lowest BCUT2D eigenvalue weighted by Gasteiger charge is -2.41. The van der Waals surface area contributed by atoms with Crippen LogP contribution in [-0.2, 0) is 9.53 Å². The number of anilines is 1. The monoisotopic (exact) mass is 514 g/mol. The number of aliphatic hydroxyl groups excluding tert-OH is 1. The van der Waals surface area contributed by atoms with E-state index in [1.54, 1.807) is 30.5 Å². The summed E-state index contributed by atoms with van der Waals surface area (Å²) in [6.45, 7) is 6.04. The number of fused-ring (bicyclic) bond motifs is 1. The van der Waals surface area contributed by atoms with Crippen LogP contribution in [0.3, 0.4) is 0 Å². The quantitative estimate of drug-likeness (QED) is 0.396. The lowest BCUT2D eigenvalue weighted by molar-refractivity contribution is -0.143. The van der Waals surface area contributed by atoms with Crippen LogP contribution in [0.2, 0.25) is 5.02 Å². The number of rotatable bonds is 6. The molecule has 36 heavy (non-hydrogen) atoms. The molecule has 0 aliphatic carbocycles. The van der Waals surface area contributed by atoms with Gasteiger partial charge in [0, 0.05) is 42.7 Å². The Hall–Kier alpha value is -3.37. The molecule has 2 amide bonds. The van der Waals surface area contributed by atoms with E-state index >= 15 is 0 Å². The molecule has 4 N–H and O–H groups in total. The second-order valence-corrected chi connectivity index (χ2v) is 10.4. The lowest BCUT2D eigenvalue weighted by Crippen LogP contribution is -2.58. The molecule has 3 aromatic rings. The first-order valence-corrected chi connectivity index (χ1v) is 12.2. The number of hydrogen-bond acceptors (Lipinski definition) is 7. The molecule has 0 spiro atoms. The summed E-state index contributed by atoms with van der Waals surface area (Å²) in [7, 11) is 0. The highest BCUT2D eigenvalue weighted by Gasteiger charge is 2.46. The number of piperidine rings is 1. The maximum absolute atomic E-state index is 13.6. The van der Waals surface area contributed by atoms with Crippen LogP contribution in [0.5, 0.6) is 0 Å². The lowest BCUT2D eigenvalue weighted by atomic mass is 9.89. The number of carbonyl (C=O) groups is 2. The molecular weight excluding hydrogens is 484 g/mol. The molecular formula is C25H31ClN6O4. The van der Waals surface area contributed by atoms with Crippen LogP contribution in [0.4, 0.5) is 10.6 Å². The summed E-state index contributed by atoms with van der Waals surface area (Å²) < 4.78 is 5.84. The molecule has 1 aromatic carbocycles. The van der Waals surface area contributed by atoms with E-state index in [4.69, 9.17) is 16.3 Å². The van der Waals surface area contributed by atoms with Crippen molar-refractivity contribution in [3.8, 4) is 0 Å².